The van der Waals surface area contributed by atoms with Crippen LogP contribution in [0.15, 0.2) is 24.3 Å². The first kappa shape index (κ1) is 11.9. The number of hydrogen-bond acceptors (Lipinski definition) is 3. The van der Waals surface area contributed by atoms with E-state index in [0.29, 0.717) is 5.56 Å². The zero-order valence-electron chi connectivity index (χ0n) is 7.66. The van der Waals surface area contributed by atoms with Gasteiger partial charge in [-0.25, -0.2) is 4.57 Å². The highest BCUT2D eigenvalue weighted by Gasteiger charge is 2.15. The number of primary amides is 1. The Morgan fingerprint density at radius 2 is 2.00 bits per heavy atom. The monoisotopic (exact) mass is 231 g/mol. The third-order valence-corrected chi connectivity index (χ3v) is 2.14. The van der Waals surface area contributed by atoms with Crippen LogP contribution in [0.1, 0.15) is 15.9 Å². The fourth-order valence-corrected chi connectivity index (χ4v) is 1.35. The van der Waals surface area contributed by atoms with E-state index in [1.807, 2.05) is 0 Å². The van der Waals surface area contributed by atoms with Crippen molar-refractivity contribution >= 4 is 13.7 Å². The lowest BCUT2D eigenvalue weighted by atomic mass is 10.1. The van der Waals surface area contributed by atoms with Gasteiger partial charge >= 0.3 is 7.82 Å². The van der Waals surface area contributed by atoms with Gasteiger partial charge in [0.1, 0.15) is 0 Å². The minimum Gasteiger partial charge on any atom is -0.366 e. The van der Waals surface area contributed by atoms with Gasteiger partial charge in [-0.2, -0.15) is 0 Å². The van der Waals surface area contributed by atoms with E-state index in [0.717, 1.165) is 0 Å². The summed E-state index contributed by atoms with van der Waals surface area (Å²) in [4.78, 5) is 27.9. The highest BCUT2D eigenvalue weighted by molar-refractivity contribution is 7.46. The second-order valence-electron chi connectivity index (χ2n) is 2.79. The maximum atomic E-state index is 10.9. The lowest BCUT2D eigenvalue weighted by Gasteiger charge is -2.07. The number of hydrogen-bond donors (Lipinski definition) is 3. The summed E-state index contributed by atoms with van der Waals surface area (Å²) < 4.78 is 14.7. The molecule has 1 amide bonds. The smallest absolute Gasteiger partial charge is 0.366 e. The van der Waals surface area contributed by atoms with E-state index in [2.05, 4.69) is 4.52 Å². The third-order valence-electron chi connectivity index (χ3n) is 1.67. The van der Waals surface area contributed by atoms with Crippen LogP contribution in [0.2, 0.25) is 0 Å². The Kier molecular flexibility index (Phi) is 3.60. The van der Waals surface area contributed by atoms with Crippen LogP contribution in [0.5, 0.6) is 0 Å². The van der Waals surface area contributed by atoms with E-state index in [4.69, 9.17) is 15.5 Å². The quantitative estimate of drug-likeness (QED) is 0.649. The van der Waals surface area contributed by atoms with Crippen molar-refractivity contribution in [1.29, 1.82) is 0 Å². The van der Waals surface area contributed by atoms with Crippen molar-refractivity contribution in [1.82, 2.24) is 0 Å². The minimum atomic E-state index is -4.53. The summed E-state index contributed by atoms with van der Waals surface area (Å²) in [6.45, 7) is -0.358. The first-order chi connectivity index (χ1) is 6.90. The molecule has 0 heterocycles. The number of carbonyl (C=O) groups excluding carboxylic acids is 1. The number of nitrogens with two attached hydrogens (primary N) is 1. The summed E-state index contributed by atoms with van der Waals surface area (Å²) in [7, 11) is -4.53. The molecule has 0 spiro atoms. The first-order valence-corrected chi connectivity index (χ1v) is 5.51. The number of phosphoric ester groups is 1. The first-order valence-electron chi connectivity index (χ1n) is 3.98. The summed E-state index contributed by atoms with van der Waals surface area (Å²) in [5, 5.41) is 0. The molecule has 1 rings (SSSR count). The van der Waals surface area contributed by atoms with Crippen LogP contribution < -0.4 is 5.73 Å². The van der Waals surface area contributed by atoms with Crippen molar-refractivity contribution in [3.63, 3.8) is 0 Å². The van der Waals surface area contributed by atoms with Crippen molar-refractivity contribution < 1.29 is 23.7 Å². The molecule has 82 valence electrons. The van der Waals surface area contributed by atoms with Crippen LogP contribution in [-0.2, 0) is 15.7 Å². The Hall–Kier alpha value is -1.20. The molecule has 0 bridgehead atoms. The molecule has 7 heteroatoms. The summed E-state index contributed by atoms with van der Waals surface area (Å²) in [5.74, 6) is -0.667. The highest BCUT2D eigenvalue weighted by Crippen LogP contribution is 2.37. The maximum Gasteiger partial charge on any atom is 0.469 e. The van der Waals surface area contributed by atoms with Gasteiger partial charge < -0.3 is 15.5 Å². The molecule has 0 atom stereocenters. The predicted octanol–water partition coefficient (Wildman–Crippen LogP) is 0.395. The van der Waals surface area contributed by atoms with Crippen LogP contribution in [0.3, 0.4) is 0 Å². The molecule has 1 aromatic rings. The Morgan fingerprint density at radius 3 is 2.53 bits per heavy atom. The van der Waals surface area contributed by atoms with Crippen LogP contribution in [-0.4, -0.2) is 15.7 Å². The number of amides is 1. The van der Waals surface area contributed by atoms with Gasteiger partial charge in [-0.1, -0.05) is 18.2 Å². The average molecular weight is 231 g/mol. The van der Waals surface area contributed by atoms with E-state index in [1.54, 1.807) is 12.1 Å². The molecule has 0 aliphatic rings. The molecule has 15 heavy (non-hydrogen) atoms. The number of phosphoric acid groups is 1. The highest BCUT2D eigenvalue weighted by atomic mass is 31.2. The van der Waals surface area contributed by atoms with Gasteiger partial charge in [0.05, 0.1) is 6.61 Å². The largest absolute Gasteiger partial charge is 0.469 e. The van der Waals surface area contributed by atoms with Crippen molar-refractivity contribution in [2.75, 3.05) is 0 Å². The number of rotatable bonds is 4. The fourth-order valence-electron chi connectivity index (χ4n) is 1.04. The molecule has 0 aromatic heterocycles. The zero-order chi connectivity index (χ0) is 11.5. The number of benzene rings is 1. The van der Waals surface area contributed by atoms with Gasteiger partial charge in [0.15, 0.2) is 0 Å². The van der Waals surface area contributed by atoms with Crippen LogP contribution >= 0.6 is 7.82 Å². The summed E-state index contributed by atoms with van der Waals surface area (Å²) in [6.07, 6.45) is 0. The lowest BCUT2D eigenvalue weighted by Crippen LogP contribution is -2.13. The second-order valence-corrected chi connectivity index (χ2v) is 4.02. The number of carbonyl (C=O) groups is 1. The molecular formula is C8H10NO5P. The lowest BCUT2D eigenvalue weighted by molar-refractivity contribution is 0.0996. The molecule has 4 N–H and O–H groups in total. The van der Waals surface area contributed by atoms with E-state index >= 15 is 0 Å². The summed E-state index contributed by atoms with van der Waals surface area (Å²) in [6, 6.07) is 6.18. The predicted molar refractivity (Wildman–Crippen MR) is 51.8 cm³/mol. The topological polar surface area (TPSA) is 110 Å². The van der Waals surface area contributed by atoms with E-state index in [1.165, 1.54) is 12.1 Å². The van der Waals surface area contributed by atoms with Gasteiger partial charge in [-0.15, -0.1) is 0 Å². The standard InChI is InChI=1S/C8H10NO5P/c9-8(10)7-4-2-1-3-6(7)5-14-15(11,12)13/h1-4H,5H2,(H2,9,10)(H2,11,12,13). The zero-order valence-corrected chi connectivity index (χ0v) is 8.55. The maximum absolute atomic E-state index is 10.9. The fraction of sp³-hybridized carbons (Fsp3) is 0.125. The van der Waals surface area contributed by atoms with Gasteiger partial charge in [-0.05, 0) is 11.6 Å². The van der Waals surface area contributed by atoms with Gasteiger partial charge in [-0.3, -0.25) is 9.32 Å². The molecule has 0 unspecified atom stereocenters. The van der Waals surface area contributed by atoms with Crippen LogP contribution in [0.4, 0.5) is 0 Å². The van der Waals surface area contributed by atoms with Crippen molar-refractivity contribution in [2.24, 2.45) is 5.73 Å². The van der Waals surface area contributed by atoms with E-state index in [9.17, 15) is 9.36 Å². The Labute approximate surface area is 85.9 Å². The van der Waals surface area contributed by atoms with Crippen LogP contribution in [0, 0.1) is 0 Å². The molecule has 0 aliphatic carbocycles. The Morgan fingerprint density at radius 1 is 1.40 bits per heavy atom. The van der Waals surface area contributed by atoms with Crippen molar-refractivity contribution in [2.45, 2.75) is 6.61 Å². The van der Waals surface area contributed by atoms with Gasteiger partial charge in [0, 0.05) is 5.56 Å². The third kappa shape index (κ3) is 3.81. The summed E-state index contributed by atoms with van der Waals surface area (Å²) in [5.41, 5.74) is 5.59. The van der Waals surface area contributed by atoms with Gasteiger partial charge in [0.25, 0.3) is 0 Å². The van der Waals surface area contributed by atoms with Crippen molar-refractivity contribution in [3.8, 4) is 0 Å². The second kappa shape index (κ2) is 4.55. The van der Waals surface area contributed by atoms with E-state index in [-0.39, 0.29) is 12.2 Å². The molecule has 6 nitrogen and oxygen atoms in total. The minimum absolute atomic E-state index is 0.186. The molecular weight excluding hydrogens is 221 g/mol. The Bertz CT molecular complexity index is 413. The van der Waals surface area contributed by atoms with Gasteiger partial charge in [0.2, 0.25) is 5.91 Å². The molecule has 0 radical (unpaired) electrons. The van der Waals surface area contributed by atoms with Crippen LogP contribution in [0.25, 0.3) is 0 Å². The molecule has 0 saturated carbocycles. The SMILES string of the molecule is NC(=O)c1ccccc1COP(=O)(O)O. The Balaban J connectivity index is 2.85. The molecule has 1 aromatic carbocycles. The van der Waals surface area contributed by atoms with Crippen molar-refractivity contribution in [3.05, 3.63) is 35.4 Å². The molecule has 0 fully saturated rings. The average Bonchev–Trinajstić information content (AvgIpc) is 2.14. The molecule has 0 saturated heterocycles. The normalized spacial score (nSPS) is 11.3. The molecule has 0 aliphatic heterocycles. The van der Waals surface area contributed by atoms with E-state index < -0.39 is 13.7 Å². The summed E-state index contributed by atoms with van der Waals surface area (Å²) >= 11 is 0.